The molecule has 0 unspecified atom stereocenters. The molecule has 0 amide bonds. The summed E-state index contributed by atoms with van der Waals surface area (Å²) >= 11 is 8.17. The zero-order chi connectivity index (χ0) is 26.9. The van der Waals surface area contributed by atoms with Gasteiger partial charge in [-0.15, -0.1) is 11.8 Å². The zero-order valence-corrected chi connectivity index (χ0v) is 23.6. The second-order valence-electron chi connectivity index (χ2n) is 8.45. The van der Waals surface area contributed by atoms with Crippen LogP contribution in [0.25, 0.3) is 0 Å². The fourth-order valence-electron chi connectivity index (χ4n) is 3.46. The quantitative estimate of drug-likeness (QED) is 0.115. The number of halogens is 2. The molecule has 1 aromatic heterocycles. The molecular weight excluding hydrogens is 509 g/mol. The van der Waals surface area contributed by atoms with Gasteiger partial charge in [0.1, 0.15) is 22.9 Å². The van der Waals surface area contributed by atoms with Gasteiger partial charge in [-0.3, -0.25) is 0 Å². The van der Waals surface area contributed by atoms with Crippen molar-refractivity contribution in [3.63, 3.8) is 0 Å². The number of unbranched alkanes of at least 4 members (excludes halogenated alkanes) is 3. The normalized spacial score (nSPS) is 10.6. The maximum Gasteiger partial charge on any atom is 0.158 e. The van der Waals surface area contributed by atoms with Crippen molar-refractivity contribution in [2.45, 2.75) is 50.5 Å². The van der Waals surface area contributed by atoms with Crippen molar-refractivity contribution in [3.05, 3.63) is 70.8 Å². The molecule has 0 saturated heterocycles. The van der Waals surface area contributed by atoms with E-state index in [4.69, 9.17) is 17.3 Å². The highest BCUT2D eigenvalue weighted by Crippen LogP contribution is 2.31. The van der Waals surface area contributed by atoms with Gasteiger partial charge in [0.05, 0.1) is 0 Å². The van der Waals surface area contributed by atoms with Crippen LogP contribution in [0.15, 0.2) is 53.8 Å². The fourth-order valence-corrected chi connectivity index (χ4v) is 4.65. The van der Waals surface area contributed by atoms with Crippen LogP contribution < -0.4 is 16.4 Å². The number of benzene rings is 2. The minimum Gasteiger partial charge on any atom is -0.394 e. The number of thioether (sulfide) groups is 1. The van der Waals surface area contributed by atoms with Crippen molar-refractivity contribution in [1.29, 1.82) is 0 Å². The Hall–Kier alpha value is -2.39. The molecule has 0 fully saturated rings. The molecule has 4 N–H and O–H groups in total. The number of anilines is 3. The molecule has 0 bridgehead atoms. The highest BCUT2D eigenvalue weighted by atomic mass is 35.5. The largest absolute Gasteiger partial charge is 0.394 e. The van der Waals surface area contributed by atoms with Crippen LogP contribution in [0.4, 0.5) is 21.6 Å². The molecule has 2 aromatic carbocycles. The third-order valence-corrected chi connectivity index (χ3v) is 7.03. The van der Waals surface area contributed by atoms with Crippen LogP contribution in [-0.4, -0.2) is 43.0 Å². The van der Waals surface area contributed by atoms with Gasteiger partial charge in [-0.2, -0.15) is 0 Å². The Bertz CT molecular complexity index is 1070. The number of nitrogens with one attached hydrogen (secondary N) is 2. The molecule has 0 aliphatic heterocycles. The van der Waals surface area contributed by atoms with E-state index in [0.717, 1.165) is 60.0 Å². The number of methoxy groups -OCH3 is 1. The fraction of sp³-hybridized carbons (Fsp3) is 0.429. The first-order valence-corrected chi connectivity index (χ1v) is 14.0. The second-order valence-corrected chi connectivity index (χ2v) is 9.94. The Morgan fingerprint density at radius 1 is 1.05 bits per heavy atom. The van der Waals surface area contributed by atoms with Crippen molar-refractivity contribution in [2.24, 2.45) is 0 Å². The van der Waals surface area contributed by atoms with Crippen molar-refractivity contribution in [1.82, 2.24) is 15.3 Å². The third kappa shape index (κ3) is 11.7. The molecule has 0 aliphatic carbocycles. The molecule has 0 radical (unpaired) electrons. The summed E-state index contributed by atoms with van der Waals surface area (Å²) in [5.41, 5.74) is 9.63. The summed E-state index contributed by atoms with van der Waals surface area (Å²) in [5, 5.41) is 7.87. The average Bonchev–Trinajstić information content (AvgIpc) is 2.90. The molecule has 3 rings (SSSR count). The lowest BCUT2D eigenvalue weighted by Crippen LogP contribution is -2.06. The van der Waals surface area contributed by atoms with E-state index in [1.807, 2.05) is 38.2 Å². The lowest BCUT2D eigenvalue weighted by Gasteiger charge is -2.12. The number of hydrogen-bond donors (Lipinski definition) is 3. The Labute approximate surface area is 230 Å². The van der Waals surface area contributed by atoms with E-state index in [1.165, 1.54) is 31.7 Å². The molecule has 0 atom stereocenters. The summed E-state index contributed by atoms with van der Waals surface area (Å²) < 4.78 is 17.9. The van der Waals surface area contributed by atoms with Gasteiger partial charge in [-0.1, -0.05) is 42.6 Å². The van der Waals surface area contributed by atoms with E-state index >= 15 is 0 Å². The number of nitrogen functional groups attached to an aromatic ring is 1. The minimum absolute atomic E-state index is 0.220. The number of nitrogens with zero attached hydrogens (tertiary/aromatic N) is 2. The van der Waals surface area contributed by atoms with Crippen LogP contribution in [0.1, 0.15) is 43.7 Å². The van der Waals surface area contributed by atoms with Gasteiger partial charge in [-0.05, 0) is 87.3 Å². The van der Waals surface area contributed by atoms with E-state index in [9.17, 15) is 4.39 Å². The van der Waals surface area contributed by atoms with Gasteiger partial charge in [0.2, 0.25) is 0 Å². The van der Waals surface area contributed by atoms with Crippen LogP contribution in [-0.2, 0) is 17.6 Å². The van der Waals surface area contributed by atoms with Crippen LogP contribution in [0.5, 0.6) is 0 Å². The monoisotopic (exact) mass is 547 g/mol. The number of ether oxygens (including phenoxy) is 1. The summed E-state index contributed by atoms with van der Waals surface area (Å²) in [7, 11) is 3.66. The smallest absolute Gasteiger partial charge is 0.158 e. The SMILES string of the molecule is CCOC.CNCCCCCCSc1ncnc(Nc2ccc(CCc3cccc(F)c3)c(Cl)c2)c1N. The van der Waals surface area contributed by atoms with E-state index in [-0.39, 0.29) is 5.82 Å². The van der Waals surface area contributed by atoms with E-state index < -0.39 is 0 Å². The number of aryl methyl sites for hydroxylation is 2. The highest BCUT2D eigenvalue weighted by Gasteiger charge is 2.10. The van der Waals surface area contributed by atoms with Gasteiger partial charge in [-0.25, -0.2) is 14.4 Å². The summed E-state index contributed by atoms with van der Waals surface area (Å²) in [4.78, 5) is 8.65. The summed E-state index contributed by atoms with van der Waals surface area (Å²) in [6, 6.07) is 12.4. The van der Waals surface area contributed by atoms with Crippen molar-refractivity contribution in [2.75, 3.05) is 44.1 Å². The molecule has 9 heteroatoms. The maximum atomic E-state index is 13.4. The highest BCUT2D eigenvalue weighted by molar-refractivity contribution is 7.99. The van der Waals surface area contributed by atoms with Gasteiger partial charge >= 0.3 is 0 Å². The van der Waals surface area contributed by atoms with Crippen LogP contribution >= 0.6 is 23.4 Å². The van der Waals surface area contributed by atoms with Gasteiger partial charge in [0.25, 0.3) is 0 Å². The standard InChI is InChI=1S/C25H31ClFN5S.C3H8O/c1-29-13-4-2-3-5-14-33-25-23(28)24(30-17-31-25)32-21-12-11-19(22(26)16-21)10-9-18-7-6-8-20(27)15-18;1-3-4-2/h6-8,11-12,15-17,29H,2-5,9-10,13-14,28H2,1H3,(H,30,31,32);3H2,1-2H3. The summed E-state index contributed by atoms with van der Waals surface area (Å²) in [5.74, 6) is 1.33. The first-order chi connectivity index (χ1) is 18.0. The molecule has 1 heterocycles. The van der Waals surface area contributed by atoms with E-state index in [0.29, 0.717) is 16.5 Å². The average molecular weight is 548 g/mol. The van der Waals surface area contributed by atoms with E-state index in [2.05, 4.69) is 25.3 Å². The predicted octanol–water partition coefficient (Wildman–Crippen LogP) is 6.90. The lowest BCUT2D eigenvalue weighted by molar-refractivity contribution is 0.215. The second kappa shape index (κ2) is 18.0. The minimum atomic E-state index is -0.220. The molecule has 0 saturated carbocycles. The first kappa shape index (κ1) is 30.8. The topological polar surface area (TPSA) is 85.1 Å². The Morgan fingerprint density at radius 3 is 2.54 bits per heavy atom. The Balaban J connectivity index is 0.00000112. The number of aromatic nitrogens is 2. The number of rotatable bonds is 14. The molecule has 202 valence electrons. The van der Waals surface area contributed by atoms with Gasteiger partial charge in [0.15, 0.2) is 5.82 Å². The van der Waals surface area contributed by atoms with Crippen LogP contribution in [0, 0.1) is 5.82 Å². The zero-order valence-electron chi connectivity index (χ0n) is 22.0. The molecule has 6 nitrogen and oxygen atoms in total. The molecule has 0 spiro atoms. The third-order valence-electron chi connectivity index (χ3n) is 5.58. The molecule has 37 heavy (non-hydrogen) atoms. The predicted molar refractivity (Wildman–Crippen MR) is 156 cm³/mol. The molecular formula is C28H39ClFN5OS. The molecule has 3 aromatic rings. The van der Waals surface area contributed by atoms with Crippen molar-refractivity contribution < 1.29 is 9.13 Å². The summed E-state index contributed by atoms with van der Waals surface area (Å²) in [6.45, 7) is 3.85. The Kier molecular flexibility index (Phi) is 15.0. The van der Waals surface area contributed by atoms with Gasteiger partial charge in [0, 0.05) is 24.4 Å². The summed E-state index contributed by atoms with van der Waals surface area (Å²) in [6.07, 6.45) is 7.75. The lowest BCUT2D eigenvalue weighted by atomic mass is 10.0. The number of nitrogens with two attached hydrogens (primary N) is 1. The van der Waals surface area contributed by atoms with Crippen LogP contribution in [0.3, 0.4) is 0 Å². The molecule has 0 aliphatic rings. The van der Waals surface area contributed by atoms with Crippen molar-refractivity contribution in [3.8, 4) is 0 Å². The van der Waals surface area contributed by atoms with Crippen molar-refractivity contribution >= 4 is 40.6 Å². The van der Waals surface area contributed by atoms with E-state index in [1.54, 1.807) is 31.0 Å². The maximum absolute atomic E-state index is 13.4. The van der Waals surface area contributed by atoms with Crippen LogP contribution in [0.2, 0.25) is 5.02 Å². The first-order valence-electron chi connectivity index (χ1n) is 12.6. The Morgan fingerprint density at radius 2 is 1.84 bits per heavy atom. The number of hydrogen-bond acceptors (Lipinski definition) is 7. The van der Waals surface area contributed by atoms with Gasteiger partial charge < -0.3 is 21.1 Å².